The third kappa shape index (κ3) is 2.13. The first-order valence-corrected chi connectivity index (χ1v) is 5.76. The number of nitrogens with two attached hydrogens (primary N) is 1. The van der Waals surface area contributed by atoms with Crippen LogP contribution >= 0.6 is 0 Å². The predicted octanol–water partition coefficient (Wildman–Crippen LogP) is 1.23. The smallest absolute Gasteiger partial charge is 0.314 e. The van der Waals surface area contributed by atoms with Crippen molar-refractivity contribution >= 4 is 5.97 Å². The SMILES string of the molecule is CCOc1ccc2c(c1)CC(N)C2C(=O)OC. The molecule has 1 aromatic rings. The molecule has 0 bridgehead atoms. The third-order valence-corrected chi connectivity index (χ3v) is 3.10. The number of fused-ring (bicyclic) bond motifs is 1. The summed E-state index contributed by atoms with van der Waals surface area (Å²) in [6, 6.07) is 5.54. The normalized spacial score (nSPS) is 22.1. The number of hydrogen-bond donors (Lipinski definition) is 1. The van der Waals surface area contributed by atoms with E-state index in [4.69, 9.17) is 15.2 Å². The first-order chi connectivity index (χ1) is 8.17. The molecule has 4 nitrogen and oxygen atoms in total. The maximum Gasteiger partial charge on any atom is 0.314 e. The second-order valence-corrected chi connectivity index (χ2v) is 4.16. The monoisotopic (exact) mass is 235 g/mol. The highest BCUT2D eigenvalue weighted by molar-refractivity contribution is 5.81. The van der Waals surface area contributed by atoms with Gasteiger partial charge in [0.05, 0.1) is 19.6 Å². The molecule has 0 spiro atoms. The second-order valence-electron chi connectivity index (χ2n) is 4.16. The fraction of sp³-hybridized carbons (Fsp3) is 0.462. The Kier molecular flexibility index (Phi) is 3.33. The van der Waals surface area contributed by atoms with Crippen LogP contribution in [0.2, 0.25) is 0 Å². The van der Waals surface area contributed by atoms with E-state index in [9.17, 15) is 4.79 Å². The van der Waals surface area contributed by atoms with Crippen molar-refractivity contribution in [1.29, 1.82) is 0 Å². The number of ether oxygens (including phenoxy) is 2. The van der Waals surface area contributed by atoms with Crippen LogP contribution in [-0.4, -0.2) is 25.7 Å². The summed E-state index contributed by atoms with van der Waals surface area (Å²) in [6.45, 7) is 2.57. The van der Waals surface area contributed by atoms with Gasteiger partial charge in [-0.1, -0.05) is 6.07 Å². The molecule has 2 unspecified atom stereocenters. The Morgan fingerprint density at radius 2 is 2.29 bits per heavy atom. The lowest BCUT2D eigenvalue weighted by molar-refractivity contribution is -0.142. The van der Waals surface area contributed by atoms with E-state index in [0.29, 0.717) is 13.0 Å². The first-order valence-electron chi connectivity index (χ1n) is 5.76. The lowest BCUT2D eigenvalue weighted by Gasteiger charge is -2.13. The number of carbonyl (C=O) groups excluding carboxylic acids is 1. The molecule has 17 heavy (non-hydrogen) atoms. The van der Waals surface area contributed by atoms with Gasteiger partial charge in [0.1, 0.15) is 5.75 Å². The van der Waals surface area contributed by atoms with Crippen molar-refractivity contribution in [1.82, 2.24) is 0 Å². The van der Waals surface area contributed by atoms with Crippen molar-refractivity contribution in [2.75, 3.05) is 13.7 Å². The zero-order chi connectivity index (χ0) is 12.4. The van der Waals surface area contributed by atoms with Gasteiger partial charge in [-0.25, -0.2) is 0 Å². The lowest BCUT2D eigenvalue weighted by Crippen LogP contribution is -2.31. The van der Waals surface area contributed by atoms with Gasteiger partial charge in [0.15, 0.2) is 0 Å². The molecule has 1 aromatic carbocycles. The summed E-state index contributed by atoms with van der Waals surface area (Å²) in [5, 5.41) is 0. The van der Waals surface area contributed by atoms with Gasteiger partial charge in [-0.2, -0.15) is 0 Å². The van der Waals surface area contributed by atoms with Crippen molar-refractivity contribution in [2.45, 2.75) is 25.3 Å². The van der Waals surface area contributed by atoms with E-state index in [1.54, 1.807) is 0 Å². The molecule has 0 amide bonds. The predicted molar refractivity (Wildman–Crippen MR) is 64.0 cm³/mol. The summed E-state index contributed by atoms with van der Waals surface area (Å²) in [5.74, 6) is 0.218. The van der Waals surface area contributed by atoms with Crippen LogP contribution in [0, 0.1) is 0 Å². The van der Waals surface area contributed by atoms with Gasteiger partial charge in [-0.15, -0.1) is 0 Å². The van der Waals surface area contributed by atoms with Crippen molar-refractivity contribution < 1.29 is 14.3 Å². The number of carbonyl (C=O) groups is 1. The quantitative estimate of drug-likeness (QED) is 0.800. The molecule has 1 aliphatic carbocycles. The Morgan fingerprint density at radius 1 is 1.53 bits per heavy atom. The van der Waals surface area contributed by atoms with Crippen molar-refractivity contribution in [3.8, 4) is 5.75 Å². The average Bonchev–Trinajstić information content (AvgIpc) is 2.64. The van der Waals surface area contributed by atoms with Crippen LogP contribution in [0.3, 0.4) is 0 Å². The minimum absolute atomic E-state index is 0.200. The van der Waals surface area contributed by atoms with E-state index in [1.165, 1.54) is 7.11 Å². The van der Waals surface area contributed by atoms with Gasteiger partial charge in [-0.3, -0.25) is 4.79 Å². The average molecular weight is 235 g/mol. The molecule has 2 N–H and O–H groups in total. The van der Waals surface area contributed by atoms with Crippen molar-refractivity contribution in [2.24, 2.45) is 5.73 Å². The number of esters is 1. The zero-order valence-corrected chi connectivity index (χ0v) is 10.1. The Hall–Kier alpha value is -1.55. The topological polar surface area (TPSA) is 61.5 Å². The van der Waals surface area contributed by atoms with Gasteiger partial charge in [-0.05, 0) is 36.6 Å². The van der Waals surface area contributed by atoms with Crippen molar-refractivity contribution in [3.05, 3.63) is 29.3 Å². The molecule has 0 saturated carbocycles. The molecule has 92 valence electrons. The Labute approximate surface area is 101 Å². The van der Waals surface area contributed by atoms with Crippen molar-refractivity contribution in [3.63, 3.8) is 0 Å². The highest BCUT2D eigenvalue weighted by Gasteiger charge is 2.36. The first kappa shape index (κ1) is 11.9. The second kappa shape index (κ2) is 4.75. The summed E-state index contributed by atoms with van der Waals surface area (Å²) in [4.78, 5) is 11.7. The molecular weight excluding hydrogens is 218 g/mol. The third-order valence-electron chi connectivity index (χ3n) is 3.10. The fourth-order valence-corrected chi connectivity index (χ4v) is 2.35. The van der Waals surface area contributed by atoms with E-state index in [2.05, 4.69) is 0 Å². The molecule has 4 heteroatoms. The molecule has 1 aliphatic rings. The van der Waals surface area contributed by atoms with E-state index < -0.39 is 0 Å². The standard InChI is InChI=1S/C13H17NO3/c1-3-17-9-4-5-10-8(6-9)7-11(14)12(10)13(15)16-2/h4-6,11-12H,3,7,14H2,1-2H3. The molecule has 0 radical (unpaired) electrons. The fourth-order valence-electron chi connectivity index (χ4n) is 2.35. The number of benzene rings is 1. The molecule has 0 saturated heterocycles. The molecule has 0 aliphatic heterocycles. The molecule has 2 rings (SSSR count). The van der Waals surface area contributed by atoms with E-state index in [0.717, 1.165) is 16.9 Å². The van der Waals surface area contributed by atoms with Crippen LogP contribution in [0.5, 0.6) is 5.75 Å². The van der Waals surface area contributed by atoms with Gasteiger partial charge in [0.25, 0.3) is 0 Å². The number of methoxy groups -OCH3 is 1. The highest BCUT2D eigenvalue weighted by Crippen LogP contribution is 2.35. The summed E-state index contributed by atoms with van der Waals surface area (Å²) >= 11 is 0. The van der Waals surface area contributed by atoms with Gasteiger partial charge < -0.3 is 15.2 Å². The molecule has 0 aromatic heterocycles. The van der Waals surface area contributed by atoms with Gasteiger partial charge in [0.2, 0.25) is 0 Å². The Morgan fingerprint density at radius 3 is 2.94 bits per heavy atom. The Bertz CT molecular complexity index is 431. The van der Waals surface area contributed by atoms with Crippen LogP contribution in [0.4, 0.5) is 0 Å². The van der Waals surface area contributed by atoms with Gasteiger partial charge >= 0.3 is 5.97 Å². The van der Waals surface area contributed by atoms with Crippen LogP contribution in [0.1, 0.15) is 24.0 Å². The molecular formula is C13H17NO3. The summed E-state index contributed by atoms with van der Waals surface area (Å²) in [5.41, 5.74) is 8.04. The van der Waals surface area contributed by atoms with Crippen LogP contribution < -0.4 is 10.5 Å². The lowest BCUT2D eigenvalue weighted by atomic mass is 9.99. The largest absolute Gasteiger partial charge is 0.494 e. The molecule has 2 atom stereocenters. The number of hydrogen-bond acceptors (Lipinski definition) is 4. The molecule has 0 fully saturated rings. The Balaban J connectivity index is 2.32. The van der Waals surface area contributed by atoms with Crippen LogP contribution in [0.25, 0.3) is 0 Å². The minimum Gasteiger partial charge on any atom is -0.494 e. The van der Waals surface area contributed by atoms with E-state index >= 15 is 0 Å². The highest BCUT2D eigenvalue weighted by atomic mass is 16.5. The van der Waals surface area contributed by atoms with Crippen LogP contribution in [0.15, 0.2) is 18.2 Å². The van der Waals surface area contributed by atoms with Gasteiger partial charge in [0, 0.05) is 6.04 Å². The zero-order valence-electron chi connectivity index (χ0n) is 10.1. The van der Waals surface area contributed by atoms with E-state index in [-0.39, 0.29) is 17.9 Å². The maximum atomic E-state index is 11.7. The van der Waals surface area contributed by atoms with Crippen LogP contribution in [-0.2, 0) is 16.0 Å². The summed E-state index contributed by atoms with van der Waals surface area (Å²) in [6.07, 6.45) is 0.690. The number of rotatable bonds is 3. The minimum atomic E-state index is -0.342. The maximum absolute atomic E-state index is 11.7. The summed E-state index contributed by atoms with van der Waals surface area (Å²) < 4.78 is 10.2. The summed E-state index contributed by atoms with van der Waals surface area (Å²) in [7, 11) is 1.39. The molecule has 0 heterocycles. The van der Waals surface area contributed by atoms with E-state index in [1.807, 2.05) is 25.1 Å².